The van der Waals surface area contributed by atoms with Gasteiger partial charge in [0.05, 0.1) is 5.39 Å². The molecule has 1 amide bonds. The number of benzene rings is 1. The topological polar surface area (TPSA) is 109 Å². The van der Waals surface area contributed by atoms with E-state index < -0.39 is 5.97 Å². The quantitative estimate of drug-likeness (QED) is 0.708. The SMILES string of the molecule is Cc1cc(OCC(=O)NCC2CCC(C(=O)[O-])CC2)c2c3c(c(=O)oc2c1)CCCC3. The van der Waals surface area contributed by atoms with E-state index in [0.717, 1.165) is 54.2 Å². The number of nitrogens with one attached hydrogen (secondary N) is 1. The Balaban J connectivity index is 1.41. The molecule has 4 rings (SSSR count). The van der Waals surface area contributed by atoms with Gasteiger partial charge < -0.3 is 24.4 Å². The largest absolute Gasteiger partial charge is 0.550 e. The van der Waals surface area contributed by atoms with Crippen LogP contribution >= 0.6 is 0 Å². The lowest BCUT2D eigenvalue weighted by atomic mass is 9.82. The van der Waals surface area contributed by atoms with Gasteiger partial charge in [-0.25, -0.2) is 4.79 Å². The molecule has 1 aromatic heterocycles. The van der Waals surface area contributed by atoms with Gasteiger partial charge in [0, 0.05) is 18.1 Å². The van der Waals surface area contributed by atoms with Crippen LogP contribution in [0.2, 0.25) is 0 Å². The first-order valence-electron chi connectivity index (χ1n) is 11.1. The van der Waals surface area contributed by atoms with Crippen LogP contribution in [0.25, 0.3) is 11.0 Å². The molecule has 2 aliphatic rings. The number of amides is 1. The Labute approximate surface area is 180 Å². The number of hydrogen-bond donors (Lipinski definition) is 1. The fourth-order valence-corrected chi connectivity index (χ4v) is 4.84. The van der Waals surface area contributed by atoms with Crippen molar-refractivity contribution < 1.29 is 23.8 Å². The summed E-state index contributed by atoms with van der Waals surface area (Å²) in [6.45, 7) is 2.29. The molecule has 7 heteroatoms. The van der Waals surface area contributed by atoms with E-state index in [9.17, 15) is 19.5 Å². The minimum Gasteiger partial charge on any atom is -0.550 e. The van der Waals surface area contributed by atoms with Crippen molar-refractivity contribution in [2.45, 2.75) is 58.3 Å². The third-order valence-corrected chi connectivity index (χ3v) is 6.56. The maximum atomic E-state index is 12.4. The van der Waals surface area contributed by atoms with Crippen molar-refractivity contribution >= 4 is 22.8 Å². The van der Waals surface area contributed by atoms with Gasteiger partial charge in [-0.2, -0.15) is 0 Å². The van der Waals surface area contributed by atoms with Gasteiger partial charge in [0.25, 0.3) is 5.91 Å². The van der Waals surface area contributed by atoms with Crippen molar-refractivity contribution in [3.8, 4) is 5.75 Å². The molecule has 1 saturated carbocycles. The second-order valence-electron chi connectivity index (χ2n) is 8.82. The number of hydrogen-bond acceptors (Lipinski definition) is 6. The van der Waals surface area contributed by atoms with E-state index in [2.05, 4.69) is 5.32 Å². The first-order valence-corrected chi connectivity index (χ1v) is 11.1. The maximum Gasteiger partial charge on any atom is 0.339 e. The van der Waals surface area contributed by atoms with Gasteiger partial charge in [0.15, 0.2) is 6.61 Å². The third kappa shape index (κ3) is 4.75. The summed E-state index contributed by atoms with van der Waals surface area (Å²) in [7, 11) is 0. The molecule has 2 aliphatic carbocycles. The van der Waals surface area contributed by atoms with E-state index in [0.29, 0.717) is 37.1 Å². The molecule has 1 aromatic carbocycles. The number of carbonyl (C=O) groups is 2. The molecule has 0 radical (unpaired) electrons. The zero-order chi connectivity index (χ0) is 22.0. The van der Waals surface area contributed by atoms with Crippen LogP contribution < -0.4 is 20.8 Å². The predicted molar refractivity (Wildman–Crippen MR) is 113 cm³/mol. The van der Waals surface area contributed by atoms with E-state index in [1.807, 2.05) is 19.1 Å². The van der Waals surface area contributed by atoms with Crippen molar-refractivity contribution in [1.82, 2.24) is 5.32 Å². The van der Waals surface area contributed by atoms with Crippen LogP contribution in [0.5, 0.6) is 5.75 Å². The van der Waals surface area contributed by atoms with Gasteiger partial charge in [-0.3, -0.25) is 4.79 Å². The highest BCUT2D eigenvalue weighted by Crippen LogP contribution is 2.34. The van der Waals surface area contributed by atoms with Crippen LogP contribution in [0.3, 0.4) is 0 Å². The molecular weight excluding hydrogens is 398 g/mol. The van der Waals surface area contributed by atoms with Crippen LogP contribution in [-0.4, -0.2) is 25.0 Å². The Hall–Kier alpha value is -2.83. The lowest BCUT2D eigenvalue weighted by Gasteiger charge is -2.29. The normalized spacial score (nSPS) is 20.8. The zero-order valence-corrected chi connectivity index (χ0v) is 17.8. The highest BCUT2D eigenvalue weighted by molar-refractivity contribution is 5.89. The summed E-state index contributed by atoms with van der Waals surface area (Å²) in [5, 5.41) is 14.7. The first-order chi connectivity index (χ1) is 14.9. The molecule has 0 bridgehead atoms. The summed E-state index contributed by atoms with van der Waals surface area (Å²) in [6, 6.07) is 3.72. The van der Waals surface area contributed by atoms with Crippen LogP contribution in [0, 0.1) is 18.8 Å². The van der Waals surface area contributed by atoms with Gasteiger partial charge in [-0.15, -0.1) is 0 Å². The van der Waals surface area contributed by atoms with Crippen LogP contribution in [0.1, 0.15) is 55.2 Å². The molecule has 0 unspecified atom stereocenters. The lowest BCUT2D eigenvalue weighted by Crippen LogP contribution is -2.37. The highest BCUT2D eigenvalue weighted by Gasteiger charge is 2.23. The molecule has 31 heavy (non-hydrogen) atoms. The Morgan fingerprint density at radius 1 is 1.13 bits per heavy atom. The van der Waals surface area contributed by atoms with E-state index >= 15 is 0 Å². The maximum absolute atomic E-state index is 12.4. The summed E-state index contributed by atoms with van der Waals surface area (Å²) in [6.07, 6.45) is 6.24. The summed E-state index contributed by atoms with van der Waals surface area (Å²) in [5.74, 6) is -0.708. The summed E-state index contributed by atoms with van der Waals surface area (Å²) >= 11 is 0. The minimum atomic E-state index is -0.973. The van der Waals surface area contributed by atoms with Crippen LogP contribution in [0.15, 0.2) is 21.3 Å². The molecule has 0 atom stereocenters. The van der Waals surface area contributed by atoms with Gasteiger partial charge in [-0.05, 0) is 93.4 Å². The summed E-state index contributed by atoms with van der Waals surface area (Å²) in [5.41, 5.74) is 2.84. The van der Waals surface area contributed by atoms with Crippen LogP contribution in [-0.2, 0) is 22.4 Å². The van der Waals surface area contributed by atoms with Crippen molar-refractivity contribution in [3.63, 3.8) is 0 Å². The average molecular weight is 426 g/mol. The lowest BCUT2D eigenvalue weighted by molar-refractivity contribution is -0.312. The van der Waals surface area contributed by atoms with E-state index in [1.54, 1.807) is 0 Å². The molecule has 2 aromatic rings. The number of ether oxygens (including phenoxy) is 1. The first kappa shape index (κ1) is 21.4. The molecule has 0 aliphatic heterocycles. The molecular formula is C24H28NO6-. The number of carbonyl (C=O) groups excluding carboxylic acids is 2. The molecule has 166 valence electrons. The average Bonchev–Trinajstić information content (AvgIpc) is 2.76. The standard InChI is InChI=1S/C24H29NO6/c1-14-10-19(22-17-4-2-3-5-18(17)24(29)31-20(22)11-14)30-13-21(26)25-12-15-6-8-16(9-7-15)23(27)28/h10-11,15-16H,2-9,12-13H2,1H3,(H,25,26)(H,27,28)/p-1. The van der Waals surface area contributed by atoms with Gasteiger partial charge >= 0.3 is 5.63 Å². The number of aliphatic carboxylic acids is 1. The smallest absolute Gasteiger partial charge is 0.339 e. The molecule has 1 N–H and O–H groups in total. The van der Waals surface area contributed by atoms with Gasteiger partial charge in [-0.1, -0.05) is 0 Å². The highest BCUT2D eigenvalue weighted by atomic mass is 16.5. The Morgan fingerprint density at radius 2 is 1.84 bits per heavy atom. The van der Waals surface area contributed by atoms with E-state index in [1.165, 1.54) is 0 Å². The number of aryl methyl sites for hydroxylation is 2. The molecule has 0 spiro atoms. The van der Waals surface area contributed by atoms with Gasteiger partial charge in [0.1, 0.15) is 11.3 Å². The number of rotatable bonds is 6. The van der Waals surface area contributed by atoms with E-state index in [-0.39, 0.29) is 30.0 Å². The van der Waals surface area contributed by atoms with Crippen molar-refractivity contribution in [1.29, 1.82) is 0 Å². The van der Waals surface area contributed by atoms with Crippen molar-refractivity contribution in [2.24, 2.45) is 11.8 Å². The van der Waals surface area contributed by atoms with Crippen LogP contribution in [0.4, 0.5) is 0 Å². The second-order valence-corrected chi connectivity index (χ2v) is 8.82. The van der Waals surface area contributed by atoms with Crippen molar-refractivity contribution in [2.75, 3.05) is 13.2 Å². The third-order valence-electron chi connectivity index (χ3n) is 6.56. The zero-order valence-electron chi connectivity index (χ0n) is 17.8. The predicted octanol–water partition coefficient (Wildman–Crippen LogP) is 2.03. The Kier molecular flexibility index (Phi) is 6.30. The fourth-order valence-electron chi connectivity index (χ4n) is 4.84. The Morgan fingerprint density at radius 3 is 2.55 bits per heavy atom. The molecule has 7 nitrogen and oxygen atoms in total. The summed E-state index contributed by atoms with van der Waals surface area (Å²) in [4.78, 5) is 35.7. The number of carboxylic acid groups (broad SMARTS) is 1. The van der Waals surface area contributed by atoms with Gasteiger partial charge in [0.2, 0.25) is 0 Å². The molecule has 1 fully saturated rings. The van der Waals surface area contributed by atoms with E-state index in [4.69, 9.17) is 9.15 Å². The summed E-state index contributed by atoms with van der Waals surface area (Å²) < 4.78 is 11.5. The minimum absolute atomic E-state index is 0.124. The number of fused-ring (bicyclic) bond motifs is 3. The Bertz CT molecular complexity index is 1050. The number of carboxylic acids is 1. The van der Waals surface area contributed by atoms with Crippen molar-refractivity contribution in [3.05, 3.63) is 39.2 Å². The molecule has 1 heterocycles. The monoisotopic (exact) mass is 426 g/mol. The molecule has 0 saturated heterocycles. The fraction of sp³-hybridized carbons (Fsp3) is 0.542. The second kappa shape index (κ2) is 9.12.